The molecule has 1 unspecified atom stereocenters. The Hall–Kier alpha value is -0.230. The molecule has 0 aromatic carbocycles. The second kappa shape index (κ2) is 5.42. The predicted molar refractivity (Wildman–Crippen MR) is 55.1 cm³/mol. The largest absolute Gasteiger partial charge is 0.468 e. The van der Waals surface area contributed by atoms with E-state index in [0.717, 1.165) is 0 Å². The quantitative estimate of drug-likeness (QED) is 0.349. The van der Waals surface area contributed by atoms with Crippen LogP contribution in [-0.4, -0.2) is 27.6 Å². The monoisotopic (exact) mass is 269 g/mol. The number of methoxy groups -OCH3 is 1. The molecule has 0 heterocycles. The molecule has 0 amide bonds. The fourth-order valence-corrected chi connectivity index (χ4v) is 1.77. The summed E-state index contributed by atoms with van der Waals surface area (Å²) in [6.07, 6.45) is 1.67. The molecular formula is C7H12INO2. The van der Waals surface area contributed by atoms with E-state index >= 15 is 0 Å². The van der Waals surface area contributed by atoms with Gasteiger partial charge in [0.2, 0.25) is 0 Å². The van der Waals surface area contributed by atoms with Crippen LogP contribution in [0.15, 0.2) is 12.7 Å². The van der Waals surface area contributed by atoms with Crippen molar-refractivity contribution in [3.05, 3.63) is 12.7 Å². The Kier molecular flexibility index (Phi) is 5.31. The summed E-state index contributed by atoms with van der Waals surface area (Å²) in [4.78, 5) is 10.9. The fraction of sp³-hybridized carbons (Fsp3) is 0.429. The average Bonchev–Trinajstić information content (AvgIpc) is 2.05. The first-order valence-corrected chi connectivity index (χ1v) is 5.77. The highest BCUT2D eigenvalue weighted by Crippen LogP contribution is 2.11. The molecule has 3 nitrogen and oxygen atoms in total. The van der Waals surface area contributed by atoms with Gasteiger partial charge >= 0.3 is 5.97 Å². The maximum Gasteiger partial charge on any atom is 0.324 e. The SMILES string of the molecule is C=C[C@H](I=C)C(N)C(=O)OC. The lowest BCUT2D eigenvalue weighted by Crippen LogP contribution is -2.38. The normalized spacial score (nSPS) is 15.1. The average molecular weight is 269 g/mol. The van der Waals surface area contributed by atoms with E-state index in [9.17, 15) is 4.79 Å². The van der Waals surface area contributed by atoms with Crippen molar-refractivity contribution < 1.29 is 9.53 Å². The first-order chi connectivity index (χ1) is 5.17. The molecule has 0 aromatic rings. The van der Waals surface area contributed by atoms with E-state index in [-0.39, 0.29) is 24.7 Å². The van der Waals surface area contributed by atoms with Gasteiger partial charge in [0.15, 0.2) is 0 Å². The number of ether oxygens (including phenoxy) is 1. The third kappa shape index (κ3) is 3.11. The van der Waals surface area contributed by atoms with Crippen LogP contribution < -0.4 is 5.73 Å². The molecule has 11 heavy (non-hydrogen) atoms. The molecule has 0 aliphatic heterocycles. The Labute approximate surface area is 76.3 Å². The van der Waals surface area contributed by atoms with Crippen LogP contribution in [0.4, 0.5) is 0 Å². The first kappa shape index (κ1) is 10.8. The maximum atomic E-state index is 10.9. The van der Waals surface area contributed by atoms with E-state index in [0.29, 0.717) is 0 Å². The van der Waals surface area contributed by atoms with E-state index in [1.54, 1.807) is 6.08 Å². The number of carbonyl (C=O) groups excluding carboxylic acids is 1. The highest BCUT2D eigenvalue weighted by atomic mass is 127. The number of alkyl halides is 1. The van der Waals surface area contributed by atoms with Crippen molar-refractivity contribution in [2.45, 2.75) is 9.97 Å². The third-order valence-electron chi connectivity index (χ3n) is 1.22. The van der Waals surface area contributed by atoms with Gasteiger partial charge in [0.25, 0.3) is 0 Å². The van der Waals surface area contributed by atoms with Crippen molar-refractivity contribution in [1.82, 2.24) is 0 Å². The van der Waals surface area contributed by atoms with Crippen molar-refractivity contribution in [2.75, 3.05) is 7.11 Å². The van der Waals surface area contributed by atoms with Crippen LogP contribution in [0.1, 0.15) is 0 Å². The topological polar surface area (TPSA) is 52.3 Å². The van der Waals surface area contributed by atoms with Gasteiger partial charge in [-0.1, -0.05) is 10.6 Å². The van der Waals surface area contributed by atoms with Crippen LogP contribution in [0.2, 0.25) is 0 Å². The summed E-state index contributed by atoms with van der Waals surface area (Å²) in [5.41, 5.74) is 5.53. The van der Waals surface area contributed by atoms with Crippen molar-refractivity contribution >= 4 is 31.2 Å². The van der Waals surface area contributed by atoms with Gasteiger partial charge in [0.1, 0.15) is 6.04 Å². The van der Waals surface area contributed by atoms with Crippen LogP contribution in [0.25, 0.3) is 0 Å². The summed E-state index contributed by atoms with van der Waals surface area (Å²) in [5, 5.41) is 0. The van der Waals surface area contributed by atoms with Gasteiger partial charge in [-0.25, -0.2) is 0 Å². The molecule has 0 saturated carbocycles. The van der Waals surface area contributed by atoms with E-state index in [4.69, 9.17) is 5.73 Å². The predicted octanol–water partition coefficient (Wildman–Crippen LogP) is 0.444. The van der Waals surface area contributed by atoms with Gasteiger partial charge in [-0.3, -0.25) is 4.79 Å². The van der Waals surface area contributed by atoms with Gasteiger partial charge in [-0.2, -0.15) is 0 Å². The van der Waals surface area contributed by atoms with Crippen molar-refractivity contribution in [1.29, 1.82) is 0 Å². The Morgan fingerprint density at radius 1 is 1.82 bits per heavy atom. The molecule has 0 aliphatic rings. The molecule has 2 atom stereocenters. The number of esters is 1. The summed E-state index contributed by atoms with van der Waals surface area (Å²) in [6.45, 7) is 3.57. The number of halogens is 1. The molecule has 0 aromatic heterocycles. The zero-order chi connectivity index (χ0) is 8.85. The molecular weight excluding hydrogens is 257 g/mol. The molecule has 0 spiro atoms. The number of carbonyl (C=O) groups is 1. The minimum atomic E-state index is -0.581. The standard InChI is InChI=1S/C7H12INO2/c1-4-5(8-2)6(9)7(10)11-3/h4-6H,1-2,9H2,3H3/t5-,6?/m0/s1. The highest BCUT2D eigenvalue weighted by Gasteiger charge is 2.20. The first-order valence-electron chi connectivity index (χ1n) is 3.00. The molecule has 4 heteroatoms. The Morgan fingerprint density at radius 2 is 2.36 bits per heavy atom. The number of nitrogens with two attached hydrogens (primary N) is 1. The van der Waals surface area contributed by atoms with Crippen LogP contribution in [0, 0.1) is 0 Å². The summed E-state index contributed by atoms with van der Waals surface area (Å²) >= 11 is -0.332. The maximum absolute atomic E-state index is 10.9. The summed E-state index contributed by atoms with van der Waals surface area (Å²) in [6, 6.07) is -0.581. The van der Waals surface area contributed by atoms with Crippen LogP contribution >= 0.6 is 20.7 Å². The third-order valence-corrected chi connectivity index (χ3v) is 3.52. The molecule has 0 fully saturated rings. The molecule has 0 rings (SSSR count). The van der Waals surface area contributed by atoms with Gasteiger partial charge in [0, 0.05) is 3.92 Å². The Balaban J connectivity index is 4.18. The molecule has 64 valence electrons. The lowest BCUT2D eigenvalue weighted by Gasteiger charge is -2.12. The second-order valence-corrected chi connectivity index (χ2v) is 4.20. The molecule has 0 saturated heterocycles. The summed E-state index contributed by atoms with van der Waals surface area (Å²) in [5.74, 6) is -0.391. The number of hydrogen-bond donors (Lipinski definition) is 1. The Morgan fingerprint density at radius 3 is 2.64 bits per heavy atom. The Bertz CT molecular complexity index is 162. The molecule has 0 bridgehead atoms. The minimum absolute atomic E-state index is 0.0150. The van der Waals surface area contributed by atoms with Crippen LogP contribution in [-0.2, 0) is 9.53 Å². The number of hydrogen-bond acceptors (Lipinski definition) is 3. The lowest BCUT2D eigenvalue weighted by atomic mass is 10.2. The summed E-state index contributed by atoms with van der Waals surface area (Å²) in [7, 11) is 1.32. The van der Waals surface area contributed by atoms with E-state index in [1.165, 1.54) is 7.11 Å². The van der Waals surface area contributed by atoms with Gasteiger partial charge in [0.05, 0.1) is 7.11 Å². The molecule has 2 N–H and O–H groups in total. The van der Waals surface area contributed by atoms with Gasteiger partial charge < -0.3 is 10.5 Å². The van der Waals surface area contributed by atoms with Gasteiger partial charge in [-0.15, -0.1) is 27.3 Å². The zero-order valence-corrected chi connectivity index (χ0v) is 8.58. The van der Waals surface area contributed by atoms with E-state index < -0.39 is 12.0 Å². The lowest BCUT2D eigenvalue weighted by molar-refractivity contribution is -0.141. The van der Waals surface area contributed by atoms with Crippen molar-refractivity contribution in [3.8, 4) is 0 Å². The highest BCUT2D eigenvalue weighted by molar-refractivity contribution is 14.2. The molecule has 0 radical (unpaired) electrons. The fourth-order valence-electron chi connectivity index (χ4n) is 0.572. The van der Waals surface area contributed by atoms with Crippen LogP contribution in [0.5, 0.6) is 0 Å². The van der Waals surface area contributed by atoms with E-state index in [2.05, 4.69) is 15.8 Å². The second-order valence-electron chi connectivity index (χ2n) is 1.88. The van der Waals surface area contributed by atoms with Crippen molar-refractivity contribution in [2.24, 2.45) is 5.73 Å². The smallest absolute Gasteiger partial charge is 0.324 e. The van der Waals surface area contributed by atoms with E-state index in [1.807, 2.05) is 0 Å². The zero-order valence-electron chi connectivity index (χ0n) is 6.42. The minimum Gasteiger partial charge on any atom is -0.468 e. The van der Waals surface area contributed by atoms with Gasteiger partial charge in [-0.05, 0) is 0 Å². The molecule has 0 aliphatic carbocycles. The summed E-state index contributed by atoms with van der Waals surface area (Å²) < 4.78 is 8.24. The number of rotatable bonds is 4. The van der Waals surface area contributed by atoms with Crippen LogP contribution in [0.3, 0.4) is 0 Å². The van der Waals surface area contributed by atoms with Crippen molar-refractivity contribution in [3.63, 3.8) is 0 Å².